The molecule has 0 aromatic heterocycles. The standard InChI is InChI=1S/C26H42N2O5.C26H40N2O5/c2*1-17-12-10-8-6-4-5-7-9-11-13-18(23(30)24(27)31)14-20(29)22-19-15-26(2,3)33-21(19)16-28(22)25(17)32/h4-5,17-19,21-23,30H,6-16H2,1-3H3,(H2,27,31);4-5,17-19,21-22H,6-16H2,1-3H3,(H2,27,31)/t17-,18+,19-,21?,22-,23?;17-,18+,19-,21?,22-/m00/s1. The Kier molecular flexibility index (Phi) is 19.3. The van der Waals surface area contributed by atoms with Gasteiger partial charge in [0.1, 0.15) is 6.10 Å². The third kappa shape index (κ3) is 14.2. The van der Waals surface area contributed by atoms with E-state index in [1.807, 2.05) is 41.5 Å². The van der Waals surface area contributed by atoms with Crippen molar-refractivity contribution in [3.8, 4) is 0 Å². The summed E-state index contributed by atoms with van der Waals surface area (Å²) in [4.78, 5) is 93.5. The number of nitrogens with two attached hydrogens (primary N) is 2. The molecule has 0 bridgehead atoms. The van der Waals surface area contributed by atoms with E-state index in [4.69, 9.17) is 20.9 Å². The molecular formula is C52H82N4O10. The van der Waals surface area contributed by atoms with Crippen LogP contribution in [0.25, 0.3) is 0 Å². The van der Waals surface area contributed by atoms with Gasteiger partial charge in [0.05, 0.1) is 35.5 Å². The number of aliphatic hydroxyl groups excluding tert-OH is 1. The molecule has 370 valence electrons. The van der Waals surface area contributed by atoms with Crippen LogP contribution in [-0.2, 0) is 43.0 Å². The number of allylic oxidation sites excluding steroid dienone is 4. The maximum atomic E-state index is 13.7. The van der Waals surface area contributed by atoms with E-state index in [2.05, 4.69) is 24.3 Å². The van der Waals surface area contributed by atoms with Gasteiger partial charge in [-0.15, -0.1) is 0 Å². The zero-order chi connectivity index (χ0) is 48.3. The molecule has 0 aliphatic carbocycles. The molecule has 4 fully saturated rings. The van der Waals surface area contributed by atoms with Crippen LogP contribution in [0.2, 0.25) is 0 Å². The summed E-state index contributed by atoms with van der Waals surface area (Å²) in [5, 5.41) is 10.5. The lowest BCUT2D eigenvalue weighted by Crippen LogP contribution is -2.47. The summed E-state index contributed by atoms with van der Waals surface area (Å²) in [6.07, 6.45) is 22.2. The summed E-state index contributed by atoms with van der Waals surface area (Å²) in [7, 11) is 0. The molecule has 11 atom stereocenters. The normalized spacial score (nSPS) is 34.5. The van der Waals surface area contributed by atoms with Crippen LogP contribution in [-0.4, -0.2) is 111 Å². The Labute approximate surface area is 393 Å². The van der Waals surface area contributed by atoms with Crippen molar-refractivity contribution < 1.29 is 48.1 Å². The molecule has 4 amide bonds. The fourth-order valence-corrected chi connectivity index (χ4v) is 11.7. The van der Waals surface area contributed by atoms with Crippen molar-refractivity contribution >= 4 is 41.0 Å². The highest BCUT2D eigenvalue weighted by Gasteiger charge is 2.57. The molecule has 3 unspecified atom stereocenters. The number of hydrogen-bond acceptors (Lipinski definition) is 10. The Balaban J connectivity index is 0.000000247. The molecule has 66 heavy (non-hydrogen) atoms. The van der Waals surface area contributed by atoms with Crippen LogP contribution < -0.4 is 11.5 Å². The quantitative estimate of drug-likeness (QED) is 0.206. The molecule has 6 rings (SSSR count). The molecule has 0 aromatic carbocycles. The number of Topliss-reactive ketones (excluding diaryl/α,β-unsaturated/α-hetero) is 3. The first kappa shape index (κ1) is 53.2. The van der Waals surface area contributed by atoms with E-state index in [9.17, 15) is 38.7 Å². The summed E-state index contributed by atoms with van der Waals surface area (Å²) in [6, 6.07) is -1.17. The molecule has 5 N–H and O–H groups in total. The van der Waals surface area contributed by atoms with Crippen LogP contribution in [0.3, 0.4) is 0 Å². The lowest BCUT2D eigenvalue weighted by atomic mass is 9.83. The summed E-state index contributed by atoms with van der Waals surface area (Å²) in [5.74, 6) is -4.42. The third-order valence-electron chi connectivity index (χ3n) is 15.1. The van der Waals surface area contributed by atoms with Crippen molar-refractivity contribution in [3.05, 3.63) is 24.3 Å². The number of carbonyl (C=O) groups excluding carboxylic acids is 7. The van der Waals surface area contributed by atoms with Gasteiger partial charge in [-0.2, -0.15) is 0 Å². The van der Waals surface area contributed by atoms with E-state index in [-0.39, 0.29) is 83.3 Å². The molecule has 0 aromatic rings. The molecular weight excluding hydrogens is 841 g/mol. The maximum absolute atomic E-state index is 13.7. The smallest absolute Gasteiger partial charge is 0.285 e. The second kappa shape index (κ2) is 24.0. The summed E-state index contributed by atoms with van der Waals surface area (Å²) >= 11 is 0. The van der Waals surface area contributed by atoms with Gasteiger partial charge in [0, 0.05) is 61.4 Å². The van der Waals surface area contributed by atoms with E-state index >= 15 is 0 Å². The minimum Gasteiger partial charge on any atom is -0.383 e. The Morgan fingerprint density at radius 3 is 1.42 bits per heavy atom. The predicted molar refractivity (Wildman–Crippen MR) is 251 cm³/mol. The van der Waals surface area contributed by atoms with Gasteiger partial charge in [0.2, 0.25) is 23.5 Å². The summed E-state index contributed by atoms with van der Waals surface area (Å²) in [5.41, 5.74) is 10.0. The number of ketones is 3. The van der Waals surface area contributed by atoms with Crippen LogP contribution >= 0.6 is 0 Å². The summed E-state index contributed by atoms with van der Waals surface area (Å²) in [6.45, 7) is 12.8. The molecule has 0 spiro atoms. The van der Waals surface area contributed by atoms with Gasteiger partial charge < -0.3 is 35.8 Å². The van der Waals surface area contributed by atoms with Crippen molar-refractivity contribution in [3.63, 3.8) is 0 Å². The van der Waals surface area contributed by atoms with Gasteiger partial charge in [-0.05, 0) is 118 Å². The SMILES string of the molecule is C[C@H]1CCCCC=CCCCC[C@@H](C(=O)C(N)=O)CC(=O)[C@@H]2[C@H]3CC(C)(C)OC3CN2C1=O.C[C@H]1CCCCC=CCCCC[C@@H](C(O)C(N)=O)CC(=O)[C@@H]2[C@H]3CC(C)(C)OC3CN2C1=O. The van der Waals surface area contributed by atoms with Gasteiger partial charge in [0.15, 0.2) is 11.6 Å². The van der Waals surface area contributed by atoms with Crippen LogP contribution in [0.15, 0.2) is 24.3 Å². The van der Waals surface area contributed by atoms with E-state index in [1.54, 1.807) is 9.80 Å². The highest BCUT2D eigenvalue weighted by molar-refractivity contribution is 6.36. The van der Waals surface area contributed by atoms with Gasteiger partial charge in [-0.25, -0.2) is 0 Å². The van der Waals surface area contributed by atoms with Gasteiger partial charge in [0.25, 0.3) is 5.91 Å². The number of carbonyl (C=O) groups is 7. The summed E-state index contributed by atoms with van der Waals surface area (Å²) < 4.78 is 12.4. The zero-order valence-electron chi connectivity index (χ0n) is 40.9. The fraction of sp³-hybridized carbons (Fsp3) is 0.788. The van der Waals surface area contributed by atoms with Gasteiger partial charge in [-0.1, -0.05) is 63.8 Å². The Hall–Kier alpha value is -3.75. The number of primary amides is 2. The van der Waals surface area contributed by atoms with Crippen LogP contribution in [0.5, 0.6) is 0 Å². The Morgan fingerprint density at radius 2 is 1.02 bits per heavy atom. The zero-order valence-corrected chi connectivity index (χ0v) is 40.9. The van der Waals surface area contributed by atoms with E-state index in [0.717, 1.165) is 89.9 Å². The average molecular weight is 923 g/mol. The second-order valence-electron chi connectivity index (χ2n) is 21.7. The number of rotatable bonds is 4. The monoisotopic (exact) mass is 923 g/mol. The van der Waals surface area contributed by atoms with Crippen LogP contribution in [0.4, 0.5) is 0 Å². The minimum absolute atomic E-state index is 0.0102. The Bertz CT molecular complexity index is 1790. The highest BCUT2D eigenvalue weighted by atomic mass is 16.5. The molecule has 6 aliphatic heterocycles. The molecule has 4 saturated heterocycles. The number of amides is 4. The highest BCUT2D eigenvalue weighted by Crippen LogP contribution is 2.46. The lowest BCUT2D eigenvalue weighted by Gasteiger charge is -2.32. The van der Waals surface area contributed by atoms with Gasteiger partial charge >= 0.3 is 0 Å². The van der Waals surface area contributed by atoms with E-state index in [1.165, 1.54) is 0 Å². The van der Waals surface area contributed by atoms with E-state index in [0.29, 0.717) is 38.8 Å². The fourth-order valence-electron chi connectivity index (χ4n) is 11.7. The minimum atomic E-state index is -1.36. The van der Waals surface area contributed by atoms with Crippen molar-refractivity contribution in [2.24, 2.45) is 47.0 Å². The Morgan fingerprint density at radius 1 is 0.621 bits per heavy atom. The third-order valence-corrected chi connectivity index (χ3v) is 15.1. The average Bonchev–Trinajstić information content (AvgIpc) is 3.95. The van der Waals surface area contributed by atoms with E-state index < -0.39 is 47.6 Å². The number of ether oxygens (including phenoxy) is 2. The van der Waals surface area contributed by atoms with Gasteiger partial charge in [-0.3, -0.25) is 33.6 Å². The number of aliphatic hydroxyl groups is 1. The molecule has 6 heterocycles. The first-order chi connectivity index (χ1) is 31.2. The molecule has 0 saturated carbocycles. The second-order valence-corrected chi connectivity index (χ2v) is 21.7. The lowest BCUT2D eigenvalue weighted by molar-refractivity contribution is -0.144. The van der Waals surface area contributed by atoms with Crippen molar-refractivity contribution in [1.82, 2.24) is 9.80 Å². The topological polar surface area (TPSA) is 217 Å². The van der Waals surface area contributed by atoms with Crippen LogP contribution in [0, 0.1) is 35.5 Å². The first-order valence-corrected chi connectivity index (χ1v) is 25.3. The predicted octanol–water partition coefficient (Wildman–Crippen LogP) is 6.47. The molecule has 6 aliphatic rings. The number of nitrogens with zero attached hydrogens (tertiary/aromatic N) is 2. The number of hydrogen-bond donors (Lipinski definition) is 3. The number of fused-ring (bicyclic) bond motifs is 6. The largest absolute Gasteiger partial charge is 0.383 e. The molecule has 0 radical (unpaired) electrons. The van der Waals surface area contributed by atoms with Crippen LogP contribution in [0.1, 0.15) is 170 Å². The first-order valence-electron chi connectivity index (χ1n) is 25.3. The molecule has 14 heteroatoms. The van der Waals surface area contributed by atoms with Crippen molar-refractivity contribution in [1.29, 1.82) is 0 Å². The van der Waals surface area contributed by atoms with Crippen molar-refractivity contribution in [2.75, 3.05) is 13.1 Å². The molecule has 14 nitrogen and oxygen atoms in total. The van der Waals surface area contributed by atoms with Crippen molar-refractivity contribution in [2.45, 2.75) is 212 Å². The maximum Gasteiger partial charge on any atom is 0.285 e.